The molecule has 82 valence electrons. The average Bonchev–Trinajstić information content (AvgIpc) is 2.61. The van der Waals surface area contributed by atoms with E-state index in [1.54, 1.807) is 18.9 Å². The zero-order valence-electron chi connectivity index (χ0n) is 8.67. The molecule has 1 aliphatic heterocycles. The lowest BCUT2D eigenvalue weighted by Crippen LogP contribution is -2.40. The number of hydrogen-bond donors (Lipinski definition) is 1. The van der Waals surface area contributed by atoms with E-state index in [9.17, 15) is 4.79 Å². The summed E-state index contributed by atoms with van der Waals surface area (Å²) in [6.45, 7) is 2.84. The normalized spacial score (nSPS) is 26.4. The van der Waals surface area contributed by atoms with Crippen LogP contribution in [0.1, 0.15) is 19.8 Å². The van der Waals surface area contributed by atoms with E-state index in [0.29, 0.717) is 13.2 Å². The largest absolute Gasteiger partial charge is 0.382 e. The molecule has 1 unspecified atom stereocenters. The highest BCUT2D eigenvalue weighted by Gasteiger charge is 2.37. The third kappa shape index (κ3) is 3.15. The van der Waals surface area contributed by atoms with Gasteiger partial charge in [0.15, 0.2) is 0 Å². The minimum absolute atomic E-state index is 0.0314. The Morgan fingerprint density at radius 3 is 2.93 bits per heavy atom. The van der Waals surface area contributed by atoms with Gasteiger partial charge in [0.25, 0.3) is 5.91 Å². The van der Waals surface area contributed by atoms with Crippen LogP contribution in [-0.4, -0.2) is 36.7 Å². The second kappa shape index (κ2) is 5.58. The van der Waals surface area contributed by atoms with E-state index in [0.717, 1.165) is 18.6 Å². The Hall–Kier alpha value is -0.260. The maximum Gasteiger partial charge on any atom is 0.259 e. The summed E-state index contributed by atoms with van der Waals surface area (Å²) in [5, 5.41) is 0. The minimum atomic E-state index is -0.299. The Kier molecular flexibility index (Phi) is 4.71. The molecule has 1 rings (SSSR count). The number of amides is 1. The summed E-state index contributed by atoms with van der Waals surface area (Å²) in [5.41, 5.74) is 2.46. The second-order valence-corrected chi connectivity index (χ2v) is 5.05. The van der Waals surface area contributed by atoms with Crippen molar-refractivity contribution >= 4 is 17.7 Å². The smallest absolute Gasteiger partial charge is 0.259 e. The van der Waals surface area contributed by atoms with E-state index >= 15 is 0 Å². The van der Waals surface area contributed by atoms with Crippen molar-refractivity contribution in [3.05, 3.63) is 0 Å². The molecule has 0 spiro atoms. The molecule has 1 fully saturated rings. The molecule has 0 aromatic heterocycles. The van der Waals surface area contributed by atoms with Crippen molar-refractivity contribution in [1.29, 1.82) is 0 Å². The van der Waals surface area contributed by atoms with Gasteiger partial charge < -0.3 is 4.74 Å². The lowest BCUT2D eigenvalue weighted by atomic mass is 10.1. The van der Waals surface area contributed by atoms with E-state index in [-0.39, 0.29) is 10.7 Å². The fourth-order valence-corrected chi connectivity index (χ4v) is 2.51. The number of nitrogens with one attached hydrogen (secondary N) is 1. The van der Waals surface area contributed by atoms with Crippen molar-refractivity contribution in [2.75, 3.05) is 26.1 Å². The van der Waals surface area contributed by atoms with Crippen LogP contribution in [0.4, 0.5) is 0 Å². The van der Waals surface area contributed by atoms with Crippen LogP contribution in [0.3, 0.4) is 0 Å². The second-order valence-electron chi connectivity index (χ2n) is 3.46. The van der Waals surface area contributed by atoms with Gasteiger partial charge in [-0.1, -0.05) is 0 Å². The third-order valence-corrected chi connectivity index (χ3v) is 3.77. The monoisotopic (exact) mass is 219 g/mol. The van der Waals surface area contributed by atoms with Crippen LogP contribution in [0.2, 0.25) is 0 Å². The molecule has 14 heavy (non-hydrogen) atoms. The molecule has 1 N–H and O–H groups in total. The van der Waals surface area contributed by atoms with E-state index in [1.165, 1.54) is 0 Å². The van der Waals surface area contributed by atoms with Crippen LogP contribution in [0.15, 0.2) is 0 Å². The van der Waals surface area contributed by atoms with Gasteiger partial charge in [0.2, 0.25) is 0 Å². The molecule has 1 heterocycles. The molecule has 5 heteroatoms. The fraction of sp³-hybridized carbons (Fsp3) is 0.889. The number of hydroxylamine groups is 1. The topological polar surface area (TPSA) is 47.6 Å². The summed E-state index contributed by atoms with van der Waals surface area (Å²) in [6.07, 6.45) is 2.03. The van der Waals surface area contributed by atoms with E-state index in [2.05, 4.69) is 5.48 Å². The van der Waals surface area contributed by atoms with Gasteiger partial charge in [0.05, 0.1) is 18.0 Å². The molecule has 1 amide bonds. The molecule has 0 radical (unpaired) electrons. The van der Waals surface area contributed by atoms with Gasteiger partial charge in [0, 0.05) is 7.11 Å². The first kappa shape index (κ1) is 11.8. The van der Waals surface area contributed by atoms with Gasteiger partial charge in [-0.05, 0) is 25.5 Å². The molecule has 0 saturated carbocycles. The Morgan fingerprint density at radius 1 is 1.57 bits per heavy atom. The zero-order valence-corrected chi connectivity index (χ0v) is 9.49. The lowest BCUT2D eigenvalue weighted by molar-refractivity contribution is -0.136. The van der Waals surface area contributed by atoms with Crippen LogP contribution in [-0.2, 0) is 14.4 Å². The van der Waals surface area contributed by atoms with Crippen LogP contribution in [0.5, 0.6) is 0 Å². The first-order chi connectivity index (χ1) is 6.69. The van der Waals surface area contributed by atoms with Crippen LogP contribution in [0, 0.1) is 0 Å². The van der Waals surface area contributed by atoms with Gasteiger partial charge in [-0.15, -0.1) is 11.8 Å². The van der Waals surface area contributed by atoms with Crippen molar-refractivity contribution < 1.29 is 14.4 Å². The molecule has 1 saturated heterocycles. The minimum Gasteiger partial charge on any atom is -0.382 e. The molecule has 0 aromatic carbocycles. The average molecular weight is 219 g/mol. The quantitative estimate of drug-likeness (QED) is 0.553. The third-order valence-electron chi connectivity index (χ3n) is 2.25. The molecular formula is C9H17NO3S. The lowest BCUT2D eigenvalue weighted by Gasteiger charge is -2.20. The Labute approximate surface area is 88.7 Å². The number of carbonyl (C=O) groups is 1. The molecular weight excluding hydrogens is 202 g/mol. The van der Waals surface area contributed by atoms with E-state index < -0.39 is 0 Å². The highest BCUT2D eigenvalue weighted by Crippen LogP contribution is 2.37. The molecule has 1 aliphatic rings. The van der Waals surface area contributed by atoms with Gasteiger partial charge in [-0.3, -0.25) is 9.63 Å². The van der Waals surface area contributed by atoms with Crippen molar-refractivity contribution in [2.24, 2.45) is 0 Å². The Morgan fingerprint density at radius 2 is 2.36 bits per heavy atom. The summed E-state index contributed by atoms with van der Waals surface area (Å²) in [4.78, 5) is 16.6. The van der Waals surface area contributed by atoms with Gasteiger partial charge in [-0.2, -0.15) is 0 Å². The van der Waals surface area contributed by atoms with Crippen LogP contribution in [0.25, 0.3) is 0 Å². The predicted molar refractivity (Wildman–Crippen MR) is 56.1 cm³/mol. The SMILES string of the molecule is COCCONC(=O)C1(C)CCCS1. The Bertz CT molecular complexity index is 192. The maximum absolute atomic E-state index is 11.6. The number of rotatable bonds is 5. The molecule has 0 aromatic rings. The standard InChI is InChI=1S/C9H17NO3S/c1-9(4-3-7-14-9)8(11)10-13-6-5-12-2/h3-7H2,1-2H3,(H,10,11). The molecule has 4 nitrogen and oxygen atoms in total. The van der Waals surface area contributed by atoms with Gasteiger partial charge >= 0.3 is 0 Å². The molecule has 0 aliphatic carbocycles. The number of hydrogen-bond acceptors (Lipinski definition) is 4. The van der Waals surface area contributed by atoms with Crippen molar-refractivity contribution in [1.82, 2.24) is 5.48 Å². The first-order valence-electron chi connectivity index (χ1n) is 4.74. The number of ether oxygens (including phenoxy) is 1. The zero-order chi connectivity index (χ0) is 10.4. The van der Waals surface area contributed by atoms with Crippen molar-refractivity contribution in [3.8, 4) is 0 Å². The summed E-state index contributed by atoms with van der Waals surface area (Å²) < 4.78 is 4.49. The summed E-state index contributed by atoms with van der Waals surface area (Å²) >= 11 is 1.69. The molecule has 0 bridgehead atoms. The number of methoxy groups -OCH3 is 1. The highest BCUT2D eigenvalue weighted by molar-refractivity contribution is 8.01. The maximum atomic E-state index is 11.6. The molecule has 1 atom stereocenters. The van der Waals surface area contributed by atoms with E-state index in [4.69, 9.17) is 9.57 Å². The van der Waals surface area contributed by atoms with Crippen LogP contribution >= 0.6 is 11.8 Å². The van der Waals surface area contributed by atoms with Crippen molar-refractivity contribution in [3.63, 3.8) is 0 Å². The number of carbonyl (C=O) groups excluding carboxylic acids is 1. The fourth-order valence-electron chi connectivity index (χ4n) is 1.31. The summed E-state index contributed by atoms with van der Waals surface area (Å²) in [7, 11) is 1.60. The van der Waals surface area contributed by atoms with Gasteiger partial charge in [0.1, 0.15) is 0 Å². The van der Waals surface area contributed by atoms with E-state index in [1.807, 2.05) is 6.92 Å². The van der Waals surface area contributed by atoms with Crippen molar-refractivity contribution in [2.45, 2.75) is 24.5 Å². The van der Waals surface area contributed by atoms with Gasteiger partial charge in [-0.25, -0.2) is 5.48 Å². The summed E-state index contributed by atoms with van der Waals surface area (Å²) in [5.74, 6) is 1.03. The predicted octanol–water partition coefficient (Wildman–Crippen LogP) is 0.966. The van der Waals surface area contributed by atoms with Crippen LogP contribution < -0.4 is 5.48 Å². The highest BCUT2D eigenvalue weighted by atomic mass is 32.2. The summed E-state index contributed by atoms with van der Waals surface area (Å²) in [6, 6.07) is 0. The first-order valence-corrected chi connectivity index (χ1v) is 5.73. The number of thioether (sulfide) groups is 1. The Balaban J connectivity index is 2.20.